The van der Waals surface area contributed by atoms with Crippen molar-refractivity contribution in [2.45, 2.75) is 11.0 Å². The van der Waals surface area contributed by atoms with Gasteiger partial charge < -0.3 is 9.84 Å². The predicted molar refractivity (Wildman–Crippen MR) is 75.1 cm³/mol. The molecule has 0 bridgehead atoms. The Bertz CT molecular complexity index is 485. The SMILES string of the molecule is CSc1ccccc1OCC(O)c1ccccc1. The van der Waals surface area contributed by atoms with Crippen molar-refractivity contribution < 1.29 is 9.84 Å². The Hall–Kier alpha value is -1.45. The van der Waals surface area contributed by atoms with E-state index in [4.69, 9.17) is 4.74 Å². The predicted octanol–water partition coefficient (Wildman–Crippen LogP) is 3.52. The first-order valence-corrected chi connectivity index (χ1v) is 7.02. The van der Waals surface area contributed by atoms with Crippen LogP contribution >= 0.6 is 11.8 Å². The van der Waals surface area contributed by atoms with E-state index in [1.165, 1.54) is 0 Å². The van der Waals surface area contributed by atoms with Gasteiger partial charge in [0.15, 0.2) is 0 Å². The highest BCUT2D eigenvalue weighted by molar-refractivity contribution is 7.98. The van der Waals surface area contributed by atoms with E-state index < -0.39 is 6.10 Å². The minimum Gasteiger partial charge on any atom is -0.489 e. The van der Waals surface area contributed by atoms with E-state index in [0.29, 0.717) is 0 Å². The lowest BCUT2D eigenvalue weighted by Gasteiger charge is -2.14. The molecule has 1 atom stereocenters. The van der Waals surface area contributed by atoms with Crippen molar-refractivity contribution >= 4 is 11.8 Å². The van der Waals surface area contributed by atoms with Crippen molar-refractivity contribution in [2.75, 3.05) is 12.9 Å². The second-order valence-corrected chi connectivity index (χ2v) is 4.74. The van der Waals surface area contributed by atoms with Gasteiger partial charge >= 0.3 is 0 Å². The fourth-order valence-corrected chi connectivity index (χ4v) is 2.22. The van der Waals surface area contributed by atoms with E-state index in [2.05, 4.69) is 0 Å². The van der Waals surface area contributed by atoms with Gasteiger partial charge in [-0.1, -0.05) is 42.5 Å². The Morgan fingerprint density at radius 1 is 1.06 bits per heavy atom. The number of aliphatic hydroxyl groups excluding tert-OH is 1. The summed E-state index contributed by atoms with van der Waals surface area (Å²) in [5.41, 5.74) is 0.874. The summed E-state index contributed by atoms with van der Waals surface area (Å²) in [7, 11) is 0. The number of thioether (sulfide) groups is 1. The van der Waals surface area contributed by atoms with E-state index >= 15 is 0 Å². The molecule has 0 saturated carbocycles. The highest BCUT2D eigenvalue weighted by Crippen LogP contribution is 2.27. The second kappa shape index (κ2) is 6.47. The molecule has 1 N–H and O–H groups in total. The zero-order valence-electron chi connectivity index (χ0n) is 10.2. The first-order valence-electron chi connectivity index (χ1n) is 5.80. The maximum absolute atomic E-state index is 10.0. The second-order valence-electron chi connectivity index (χ2n) is 3.89. The lowest BCUT2D eigenvalue weighted by atomic mass is 10.1. The summed E-state index contributed by atoms with van der Waals surface area (Å²) in [6.07, 6.45) is 1.41. The fraction of sp³-hybridized carbons (Fsp3) is 0.200. The minimum absolute atomic E-state index is 0.265. The summed E-state index contributed by atoms with van der Waals surface area (Å²) in [6.45, 7) is 0.265. The van der Waals surface area contributed by atoms with Crippen LogP contribution in [-0.4, -0.2) is 18.0 Å². The third-order valence-electron chi connectivity index (χ3n) is 2.65. The van der Waals surface area contributed by atoms with Gasteiger partial charge in [0, 0.05) is 4.90 Å². The summed E-state index contributed by atoms with van der Waals surface area (Å²) < 4.78 is 5.67. The third kappa shape index (κ3) is 3.28. The normalized spacial score (nSPS) is 12.1. The van der Waals surface area contributed by atoms with Crippen LogP contribution in [0.25, 0.3) is 0 Å². The largest absolute Gasteiger partial charge is 0.489 e. The van der Waals surface area contributed by atoms with Crippen LogP contribution in [0.4, 0.5) is 0 Å². The summed E-state index contributed by atoms with van der Waals surface area (Å²) in [4.78, 5) is 1.08. The number of hydrogen-bond donors (Lipinski definition) is 1. The number of aliphatic hydroxyl groups is 1. The van der Waals surface area contributed by atoms with Crippen LogP contribution in [0.1, 0.15) is 11.7 Å². The molecule has 18 heavy (non-hydrogen) atoms. The molecule has 0 fully saturated rings. The summed E-state index contributed by atoms with van der Waals surface area (Å²) in [6, 6.07) is 17.4. The zero-order chi connectivity index (χ0) is 12.8. The molecule has 0 spiro atoms. The quantitative estimate of drug-likeness (QED) is 0.834. The molecule has 0 aliphatic rings. The van der Waals surface area contributed by atoms with Gasteiger partial charge in [-0.2, -0.15) is 0 Å². The average Bonchev–Trinajstić information content (AvgIpc) is 2.46. The van der Waals surface area contributed by atoms with E-state index in [0.717, 1.165) is 16.2 Å². The van der Waals surface area contributed by atoms with Gasteiger partial charge in [0.2, 0.25) is 0 Å². The molecule has 2 aromatic rings. The van der Waals surface area contributed by atoms with Crippen LogP contribution in [0, 0.1) is 0 Å². The van der Waals surface area contributed by atoms with Crippen molar-refractivity contribution in [3.8, 4) is 5.75 Å². The maximum Gasteiger partial charge on any atom is 0.132 e. The maximum atomic E-state index is 10.0. The minimum atomic E-state index is -0.596. The van der Waals surface area contributed by atoms with Crippen molar-refractivity contribution in [2.24, 2.45) is 0 Å². The standard InChI is InChI=1S/C15H16O2S/c1-18-15-10-6-5-9-14(15)17-11-13(16)12-7-3-2-4-8-12/h2-10,13,16H,11H2,1H3. The fourth-order valence-electron chi connectivity index (χ4n) is 1.68. The molecule has 1 unspecified atom stereocenters. The summed E-state index contributed by atoms with van der Waals surface area (Å²) >= 11 is 1.64. The van der Waals surface area contributed by atoms with Crippen LogP contribution in [0.2, 0.25) is 0 Å². The van der Waals surface area contributed by atoms with Gasteiger partial charge in [0.05, 0.1) is 0 Å². The number of para-hydroxylation sites is 1. The average molecular weight is 260 g/mol. The molecule has 0 aromatic heterocycles. The van der Waals surface area contributed by atoms with Gasteiger partial charge in [-0.15, -0.1) is 11.8 Å². The number of benzene rings is 2. The van der Waals surface area contributed by atoms with Crippen molar-refractivity contribution in [1.82, 2.24) is 0 Å². The van der Waals surface area contributed by atoms with Crippen LogP contribution in [0.3, 0.4) is 0 Å². The highest BCUT2D eigenvalue weighted by Gasteiger charge is 2.09. The first kappa shape index (κ1) is 13.0. The Morgan fingerprint density at radius 3 is 2.44 bits per heavy atom. The van der Waals surface area contributed by atoms with Crippen LogP contribution in [0.15, 0.2) is 59.5 Å². The molecule has 0 amide bonds. The summed E-state index contributed by atoms with van der Waals surface area (Å²) in [5, 5.41) is 10.0. The Kier molecular flexibility index (Phi) is 4.67. The lowest BCUT2D eigenvalue weighted by Crippen LogP contribution is -2.09. The first-order chi connectivity index (χ1) is 8.81. The molecule has 0 aliphatic heterocycles. The van der Waals surface area contributed by atoms with Crippen molar-refractivity contribution in [3.05, 3.63) is 60.2 Å². The van der Waals surface area contributed by atoms with Crippen LogP contribution in [0.5, 0.6) is 5.75 Å². The number of hydrogen-bond acceptors (Lipinski definition) is 3. The Morgan fingerprint density at radius 2 is 1.72 bits per heavy atom. The van der Waals surface area contributed by atoms with Crippen LogP contribution in [-0.2, 0) is 0 Å². The lowest BCUT2D eigenvalue weighted by molar-refractivity contribution is 0.106. The molecular weight excluding hydrogens is 244 g/mol. The summed E-state index contributed by atoms with van der Waals surface area (Å²) in [5.74, 6) is 0.819. The van der Waals surface area contributed by atoms with Gasteiger partial charge in [0.1, 0.15) is 18.5 Å². The van der Waals surface area contributed by atoms with E-state index in [1.54, 1.807) is 11.8 Å². The molecule has 2 aromatic carbocycles. The van der Waals surface area contributed by atoms with E-state index in [1.807, 2.05) is 60.9 Å². The smallest absolute Gasteiger partial charge is 0.132 e. The molecule has 94 valence electrons. The van der Waals surface area contributed by atoms with E-state index in [9.17, 15) is 5.11 Å². The zero-order valence-corrected chi connectivity index (χ0v) is 11.1. The number of ether oxygens (including phenoxy) is 1. The molecule has 2 rings (SSSR count). The molecule has 2 nitrogen and oxygen atoms in total. The molecular formula is C15H16O2S. The van der Waals surface area contributed by atoms with Crippen molar-refractivity contribution in [1.29, 1.82) is 0 Å². The molecule has 0 heterocycles. The van der Waals surface area contributed by atoms with Crippen molar-refractivity contribution in [3.63, 3.8) is 0 Å². The molecule has 0 aliphatic carbocycles. The highest BCUT2D eigenvalue weighted by atomic mass is 32.2. The molecule has 0 saturated heterocycles. The Labute approximate surface area is 112 Å². The molecule has 0 radical (unpaired) electrons. The van der Waals surface area contributed by atoms with E-state index in [-0.39, 0.29) is 6.61 Å². The molecule has 3 heteroatoms. The monoisotopic (exact) mass is 260 g/mol. The third-order valence-corrected chi connectivity index (χ3v) is 3.43. The van der Waals surface area contributed by atoms with Gasteiger partial charge in [0.25, 0.3) is 0 Å². The van der Waals surface area contributed by atoms with Gasteiger partial charge in [-0.25, -0.2) is 0 Å². The van der Waals surface area contributed by atoms with Gasteiger partial charge in [-0.05, 0) is 24.0 Å². The van der Waals surface area contributed by atoms with Crippen LogP contribution < -0.4 is 4.74 Å². The van der Waals surface area contributed by atoms with Gasteiger partial charge in [-0.3, -0.25) is 0 Å². The Balaban J connectivity index is 1.99. The number of rotatable bonds is 5. The topological polar surface area (TPSA) is 29.5 Å².